The minimum absolute atomic E-state index is 0.0348. The molecule has 0 spiro atoms. The molecule has 1 atom stereocenters. The van der Waals surface area contributed by atoms with Gasteiger partial charge < -0.3 is 10.2 Å². The van der Waals surface area contributed by atoms with Gasteiger partial charge in [-0.05, 0) is 43.2 Å². The molecule has 0 saturated carbocycles. The highest BCUT2D eigenvalue weighted by molar-refractivity contribution is 8.00. The van der Waals surface area contributed by atoms with Crippen molar-refractivity contribution in [1.82, 2.24) is 0 Å². The van der Waals surface area contributed by atoms with Crippen molar-refractivity contribution in [2.45, 2.75) is 30.9 Å². The van der Waals surface area contributed by atoms with E-state index in [-0.39, 0.29) is 5.91 Å². The Morgan fingerprint density at radius 1 is 1.22 bits per heavy atom. The number of amides is 1. The summed E-state index contributed by atoms with van der Waals surface area (Å²) < 4.78 is 0. The summed E-state index contributed by atoms with van der Waals surface area (Å²) in [5.41, 5.74) is 4.38. The fraction of sp³-hybridized carbons (Fsp3) is 0.316. The van der Waals surface area contributed by atoms with E-state index >= 15 is 0 Å². The van der Waals surface area contributed by atoms with Crippen LogP contribution in [-0.4, -0.2) is 24.2 Å². The molecule has 3 rings (SSSR count). The SMILES string of the molecule is Cc1cccc(NC(=O)CN2C[C@@H](C)Sc3ccccc32)c1C. The van der Waals surface area contributed by atoms with Gasteiger partial charge in [-0.2, -0.15) is 0 Å². The second kappa shape index (κ2) is 6.67. The Morgan fingerprint density at radius 2 is 2.00 bits per heavy atom. The molecule has 120 valence electrons. The highest BCUT2D eigenvalue weighted by Gasteiger charge is 2.23. The predicted octanol–water partition coefficient (Wildman–Crippen LogP) is 4.24. The van der Waals surface area contributed by atoms with Crippen LogP contribution < -0.4 is 10.2 Å². The normalized spacial score (nSPS) is 16.8. The molecule has 0 radical (unpaired) electrons. The lowest BCUT2D eigenvalue weighted by molar-refractivity contribution is -0.115. The molecule has 1 N–H and O–H groups in total. The number of nitrogens with one attached hydrogen (secondary N) is 1. The van der Waals surface area contributed by atoms with Crippen molar-refractivity contribution in [3.63, 3.8) is 0 Å². The zero-order chi connectivity index (χ0) is 16.4. The van der Waals surface area contributed by atoms with Crippen LogP contribution in [0.5, 0.6) is 0 Å². The Hall–Kier alpha value is -1.94. The summed E-state index contributed by atoms with van der Waals surface area (Å²) in [6.45, 7) is 7.58. The first-order chi connectivity index (χ1) is 11.0. The van der Waals surface area contributed by atoms with E-state index in [1.165, 1.54) is 10.5 Å². The molecular formula is C19H22N2OS. The molecule has 23 heavy (non-hydrogen) atoms. The van der Waals surface area contributed by atoms with Crippen LogP contribution >= 0.6 is 11.8 Å². The minimum Gasteiger partial charge on any atom is -0.360 e. The number of para-hydroxylation sites is 1. The third kappa shape index (κ3) is 3.53. The van der Waals surface area contributed by atoms with Crippen molar-refractivity contribution in [3.05, 3.63) is 53.6 Å². The summed E-state index contributed by atoms with van der Waals surface area (Å²) >= 11 is 1.88. The van der Waals surface area contributed by atoms with Crippen LogP contribution in [-0.2, 0) is 4.79 Å². The molecule has 0 saturated heterocycles. The molecule has 1 amide bonds. The molecule has 1 heterocycles. The predicted molar refractivity (Wildman–Crippen MR) is 98.5 cm³/mol. The molecule has 0 bridgehead atoms. The number of rotatable bonds is 3. The lowest BCUT2D eigenvalue weighted by Gasteiger charge is -2.33. The molecular weight excluding hydrogens is 304 g/mol. The number of hydrogen-bond donors (Lipinski definition) is 1. The molecule has 2 aromatic carbocycles. The zero-order valence-corrected chi connectivity index (χ0v) is 14.6. The molecule has 2 aromatic rings. The van der Waals surface area contributed by atoms with Gasteiger partial charge in [0.2, 0.25) is 5.91 Å². The second-order valence-corrected chi connectivity index (χ2v) is 7.55. The average molecular weight is 326 g/mol. The van der Waals surface area contributed by atoms with E-state index < -0.39 is 0 Å². The van der Waals surface area contributed by atoms with Gasteiger partial charge in [-0.1, -0.05) is 31.2 Å². The maximum absolute atomic E-state index is 12.5. The third-order valence-electron chi connectivity index (χ3n) is 4.22. The highest BCUT2D eigenvalue weighted by Crippen LogP contribution is 2.37. The van der Waals surface area contributed by atoms with E-state index in [0.29, 0.717) is 11.8 Å². The minimum atomic E-state index is 0.0348. The number of fused-ring (bicyclic) bond motifs is 1. The molecule has 0 fully saturated rings. The van der Waals surface area contributed by atoms with E-state index in [1.54, 1.807) is 0 Å². The largest absolute Gasteiger partial charge is 0.360 e. The van der Waals surface area contributed by atoms with E-state index in [2.05, 4.69) is 48.3 Å². The second-order valence-electron chi connectivity index (χ2n) is 6.07. The van der Waals surface area contributed by atoms with Gasteiger partial charge in [0.05, 0.1) is 12.2 Å². The standard InChI is InChI=1S/C19H22N2OS/c1-13-7-6-8-16(15(13)3)20-19(22)12-21-11-14(2)23-18-10-5-4-9-17(18)21/h4-10,14H,11-12H2,1-3H3,(H,20,22)/t14-/m1/s1. The number of thioether (sulfide) groups is 1. The van der Waals surface area contributed by atoms with Gasteiger partial charge in [-0.25, -0.2) is 0 Å². The number of nitrogens with zero attached hydrogens (tertiary/aromatic N) is 1. The zero-order valence-electron chi connectivity index (χ0n) is 13.8. The fourth-order valence-electron chi connectivity index (χ4n) is 2.88. The number of carbonyl (C=O) groups excluding carboxylic acids is 1. The first-order valence-electron chi connectivity index (χ1n) is 7.91. The van der Waals surface area contributed by atoms with Gasteiger partial charge in [0.25, 0.3) is 0 Å². The van der Waals surface area contributed by atoms with E-state index in [0.717, 1.165) is 23.5 Å². The molecule has 4 heteroatoms. The Labute approximate surface area is 142 Å². The van der Waals surface area contributed by atoms with E-state index in [4.69, 9.17) is 0 Å². The third-order valence-corrected chi connectivity index (χ3v) is 5.38. The number of benzene rings is 2. The lowest BCUT2D eigenvalue weighted by atomic mass is 10.1. The molecule has 0 aromatic heterocycles. The van der Waals surface area contributed by atoms with Crippen LogP contribution in [0.1, 0.15) is 18.1 Å². The van der Waals surface area contributed by atoms with Crippen molar-refractivity contribution < 1.29 is 4.79 Å². The van der Waals surface area contributed by atoms with Gasteiger partial charge >= 0.3 is 0 Å². The Kier molecular flexibility index (Phi) is 4.62. The van der Waals surface area contributed by atoms with E-state index in [1.807, 2.05) is 36.9 Å². The summed E-state index contributed by atoms with van der Waals surface area (Å²) in [6, 6.07) is 14.3. The fourth-order valence-corrected chi connectivity index (χ4v) is 4.04. The number of hydrogen-bond acceptors (Lipinski definition) is 3. The summed E-state index contributed by atoms with van der Waals surface area (Å²) in [4.78, 5) is 15.9. The molecule has 1 aliphatic rings. The Bertz CT molecular complexity index is 729. The van der Waals surface area contributed by atoms with Gasteiger partial charge in [0.15, 0.2) is 0 Å². The lowest BCUT2D eigenvalue weighted by Crippen LogP contribution is -2.39. The molecule has 0 aliphatic carbocycles. The summed E-state index contributed by atoms with van der Waals surface area (Å²) in [5, 5.41) is 3.54. The number of aryl methyl sites for hydroxylation is 1. The quantitative estimate of drug-likeness (QED) is 0.915. The van der Waals surface area contributed by atoms with E-state index in [9.17, 15) is 4.79 Å². The van der Waals surface area contributed by atoms with Crippen molar-refractivity contribution in [2.24, 2.45) is 0 Å². The van der Waals surface area contributed by atoms with Gasteiger partial charge in [0, 0.05) is 22.4 Å². The van der Waals surface area contributed by atoms with Crippen molar-refractivity contribution in [1.29, 1.82) is 0 Å². The molecule has 1 aliphatic heterocycles. The topological polar surface area (TPSA) is 32.3 Å². The molecule has 3 nitrogen and oxygen atoms in total. The average Bonchev–Trinajstić information content (AvgIpc) is 2.51. The van der Waals surface area contributed by atoms with Crippen molar-refractivity contribution in [2.75, 3.05) is 23.3 Å². The monoisotopic (exact) mass is 326 g/mol. The van der Waals surface area contributed by atoms with Gasteiger partial charge in [-0.15, -0.1) is 11.8 Å². The summed E-state index contributed by atoms with van der Waals surface area (Å²) in [5.74, 6) is 0.0348. The highest BCUT2D eigenvalue weighted by atomic mass is 32.2. The number of carbonyl (C=O) groups is 1. The summed E-state index contributed by atoms with van der Waals surface area (Å²) in [7, 11) is 0. The van der Waals surface area contributed by atoms with Crippen LogP contribution in [0.4, 0.5) is 11.4 Å². The maximum Gasteiger partial charge on any atom is 0.243 e. The smallest absolute Gasteiger partial charge is 0.243 e. The van der Waals surface area contributed by atoms with Gasteiger partial charge in [-0.3, -0.25) is 4.79 Å². The van der Waals surface area contributed by atoms with Crippen LogP contribution in [0, 0.1) is 13.8 Å². The molecule has 0 unspecified atom stereocenters. The summed E-state index contributed by atoms with van der Waals surface area (Å²) in [6.07, 6.45) is 0. The van der Waals surface area contributed by atoms with Crippen molar-refractivity contribution in [3.8, 4) is 0 Å². The first-order valence-corrected chi connectivity index (χ1v) is 8.79. The van der Waals surface area contributed by atoms with Gasteiger partial charge in [0.1, 0.15) is 0 Å². The van der Waals surface area contributed by atoms with Crippen LogP contribution in [0.15, 0.2) is 47.4 Å². The van der Waals surface area contributed by atoms with Crippen LogP contribution in [0.3, 0.4) is 0 Å². The number of anilines is 2. The first kappa shape index (κ1) is 15.9. The van der Waals surface area contributed by atoms with Crippen LogP contribution in [0.2, 0.25) is 0 Å². The Balaban J connectivity index is 1.74. The Morgan fingerprint density at radius 3 is 2.83 bits per heavy atom. The van der Waals surface area contributed by atoms with Crippen LogP contribution in [0.25, 0.3) is 0 Å². The maximum atomic E-state index is 12.5. The van der Waals surface area contributed by atoms with Crippen molar-refractivity contribution >= 4 is 29.0 Å².